The van der Waals surface area contributed by atoms with Crippen LogP contribution >= 0.6 is 0 Å². The SMILES string of the molecule is CC(=O)c1cc(-c2ccc(F)cc2)c2ccc(CN3CCN[C@@H](C)C3)cc2n1. The monoisotopic (exact) mass is 377 g/mol. The highest BCUT2D eigenvalue weighted by Gasteiger charge is 2.17. The minimum Gasteiger partial charge on any atom is -0.312 e. The van der Waals surface area contributed by atoms with Gasteiger partial charge in [-0.25, -0.2) is 9.37 Å². The van der Waals surface area contributed by atoms with Gasteiger partial charge in [-0.3, -0.25) is 9.69 Å². The number of halogens is 1. The lowest BCUT2D eigenvalue weighted by Crippen LogP contribution is -2.48. The summed E-state index contributed by atoms with van der Waals surface area (Å²) < 4.78 is 13.4. The second kappa shape index (κ2) is 7.78. The van der Waals surface area contributed by atoms with Crippen molar-refractivity contribution in [1.82, 2.24) is 15.2 Å². The highest BCUT2D eigenvalue weighted by Crippen LogP contribution is 2.30. The molecular weight excluding hydrogens is 353 g/mol. The number of nitrogens with zero attached hydrogens (tertiary/aromatic N) is 2. The van der Waals surface area contributed by atoms with Crippen molar-refractivity contribution in [3.63, 3.8) is 0 Å². The standard InChI is InChI=1S/C23H24FN3O/c1-15-13-27(10-9-25-15)14-17-3-8-20-21(18-4-6-19(24)7-5-18)12-22(16(2)28)26-23(20)11-17/h3-8,11-12,15,25H,9-10,13-14H2,1-2H3/t15-/m0/s1. The number of hydrogen-bond donors (Lipinski definition) is 1. The molecule has 4 nitrogen and oxygen atoms in total. The first kappa shape index (κ1) is 18.7. The first-order chi connectivity index (χ1) is 13.5. The molecule has 4 rings (SSSR count). The Morgan fingerprint density at radius 1 is 1.21 bits per heavy atom. The minimum absolute atomic E-state index is 0.0772. The van der Waals surface area contributed by atoms with E-state index in [0.29, 0.717) is 11.7 Å². The Morgan fingerprint density at radius 2 is 2.00 bits per heavy atom. The predicted octanol–water partition coefficient (Wildman–Crippen LogP) is 4.04. The van der Waals surface area contributed by atoms with Gasteiger partial charge >= 0.3 is 0 Å². The quantitative estimate of drug-likeness (QED) is 0.697. The Hall–Kier alpha value is -2.63. The van der Waals surface area contributed by atoms with Crippen LogP contribution in [-0.2, 0) is 6.54 Å². The summed E-state index contributed by atoms with van der Waals surface area (Å²) in [5.74, 6) is -0.354. The van der Waals surface area contributed by atoms with Crippen LogP contribution in [0.15, 0.2) is 48.5 Å². The fourth-order valence-electron chi connectivity index (χ4n) is 3.83. The van der Waals surface area contributed by atoms with Crippen LogP contribution in [-0.4, -0.2) is 41.3 Å². The number of ketones is 1. The third-order valence-corrected chi connectivity index (χ3v) is 5.25. The Labute approximate surface area is 164 Å². The molecular formula is C23H24FN3O. The number of pyridine rings is 1. The summed E-state index contributed by atoms with van der Waals surface area (Å²) in [7, 11) is 0. The molecule has 5 heteroatoms. The molecule has 1 N–H and O–H groups in total. The van der Waals surface area contributed by atoms with E-state index in [0.717, 1.165) is 48.2 Å². The minimum atomic E-state index is -0.276. The van der Waals surface area contributed by atoms with Gasteiger partial charge < -0.3 is 5.32 Å². The number of carbonyl (C=O) groups is 1. The fraction of sp³-hybridized carbons (Fsp3) is 0.304. The van der Waals surface area contributed by atoms with Crippen LogP contribution in [0.5, 0.6) is 0 Å². The summed E-state index contributed by atoms with van der Waals surface area (Å²) >= 11 is 0. The van der Waals surface area contributed by atoms with E-state index in [2.05, 4.69) is 40.3 Å². The van der Waals surface area contributed by atoms with E-state index in [4.69, 9.17) is 0 Å². The molecule has 1 aliphatic heterocycles. The normalized spacial score (nSPS) is 17.8. The van der Waals surface area contributed by atoms with Gasteiger partial charge in [0.15, 0.2) is 5.78 Å². The van der Waals surface area contributed by atoms with Gasteiger partial charge in [0.05, 0.1) is 5.52 Å². The topological polar surface area (TPSA) is 45.2 Å². The smallest absolute Gasteiger partial charge is 0.178 e. The lowest BCUT2D eigenvalue weighted by atomic mass is 9.98. The summed E-state index contributed by atoms with van der Waals surface area (Å²) in [6, 6.07) is 14.9. The van der Waals surface area contributed by atoms with Gasteiger partial charge in [0, 0.05) is 44.5 Å². The predicted molar refractivity (Wildman–Crippen MR) is 110 cm³/mol. The highest BCUT2D eigenvalue weighted by atomic mass is 19.1. The van der Waals surface area contributed by atoms with Crippen LogP contribution in [0.25, 0.3) is 22.0 Å². The maximum absolute atomic E-state index is 13.4. The number of carbonyl (C=O) groups excluding carboxylic acids is 1. The third kappa shape index (κ3) is 3.96. The van der Waals surface area contributed by atoms with Crippen LogP contribution in [0.2, 0.25) is 0 Å². The third-order valence-electron chi connectivity index (χ3n) is 5.25. The maximum Gasteiger partial charge on any atom is 0.178 e. The molecule has 0 radical (unpaired) electrons. The van der Waals surface area contributed by atoms with E-state index in [1.807, 2.05) is 0 Å². The van der Waals surface area contributed by atoms with Gasteiger partial charge in [-0.15, -0.1) is 0 Å². The molecule has 28 heavy (non-hydrogen) atoms. The lowest BCUT2D eigenvalue weighted by molar-refractivity contribution is 0.101. The first-order valence-electron chi connectivity index (χ1n) is 9.66. The Balaban J connectivity index is 1.75. The molecule has 0 bridgehead atoms. The molecule has 2 heterocycles. The van der Waals surface area contributed by atoms with Crippen molar-refractivity contribution in [3.8, 4) is 11.1 Å². The van der Waals surface area contributed by atoms with E-state index >= 15 is 0 Å². The van der Waals surface area contributed by atoms with Gasteiger partial charge in [-0.05, 0) is 47.9 Å². The van der Waals surface area contributed by atoms with Crippen molar-refractivity contribution in [2.45, 2.75) is 26.4 Å². The van der Waals surface area contributed by atoms with Crippen molar-refractivity contribution >= 4 is 16.7 Å². The summed E-state index contributed by atoms with van der Waals surface area (Å²) in [5, 5.41) is 4.43. The van der Waals surface area contributed by atoms with Crippen molar-refractivity contribution in [2.75, 3.05) is 19.6 Å². The van der Waals surface area contributed by atoms with Crippen molar-refractivity contribution in [2.24, 2.45) is 0 Å². The van der Waals surface area contributed by atoms with E-state index in [1.165, 1.54) is 24.6 Å². The van der Waals surface area contributed by atoms with Crippen LogP contribution in [0, 0.1) is 5.82 Å². The van der Waals surface area contributed by atoms with Crippen LogP contribution in [0.3, 0.4) is 0 Å². The molecule has 3 aromatic rings. The van der Waals surface area contributed by atoms with E-state index in [9.17, 15) is 9.18 Å². The van der Waals surface area contributed by atoms with Gasteiger partial charge in [-0.1, -0.05) is 24.3 Å². The number of piperazine rings is 1. The number of hydrogen-bond acceptors (Lipinski definition) is 4. The first-order valence-corrected chi connectivity index (χ1v) is 9.66. The zero-order valence-electron chi connectivity index (χ0n) is 16.2. The van der Waals surface area contributed by atoms with Gasteiger partial charge in [-0.2, -0.15) is 0 Å². The highest BCUT2D eigenvalue weighted by molar-refractivity contribution is 6.01. The van der Waals surface area contributed by atoms with Crippen molar-refractivity contribution < 1.29 is 9.18 Å². The summed E-state index contributed by atoms with van der Waals surface area (Å²) in [6.07, 6.45) is 0. The number of rotatable bonds is 4. The van der Waals surface area contributed by atoms with Gasteiger partial charge in [0.25, 0.3) is 0 Å². The number of fused-ring (bicyclic) bond motifs is 1. The zero-order chi connectivity index (χ0) is 19.7. The van der Waals surface area contributed by atoms with Gasteiger partial charge in [0.1, 0.15) is 11.5 Å². The molecule has 1 fully saturated rings. The lowest BCUT2D eigenvalue weighted by Gasteiger charge is -2.31. The number of benzene rings is 2. The van der Waals surface area contributed by atoms with Crippen LogP contribution in [0.4, 0.5) is 4.39 Å². The molecule has 0 unspecified atom stereocenters. The fourth-order valence-corrected chi connectivity index (χ4v) is 3.83. The zero-order valence-corrected chi connectivity index (χ0v) is 16.2. The Kier molecular flexibility index (Phi) is 5.20. The second-order valence-corrected chi connectivity index (χ2v) is 7.56. The van der Waals surface area contributed by atoms with Crippen LogP contribution < -0.4 is 5.32 Å². The Bertz CT molecular complexity index is 1020. The average molecular weight is 377 g/mol. The Morgan fingerprint density at radius 3 is 2.71 bits per heavy atom. The molecule has 144 valence electrons. The number of aromatic nitrogens is 1. The van der Waals surface area contributed by atoms with Crippen molar-refractivity contribution in [3.05, 3.63) is 65.6 Å². The van der Waals surface area contributed by atoms with E-state index in [1.54, 1.807) is 18.2 Å². The molecule has 1 aliphatic rings. The molecule has 1 atom stereocenters. The molecule has 2 aromatic carbocycles. The van der Waals surface area contributed by atoms with Crippen LogP contribution in [0.1, 0.15) is 29.9 Å². The molecule has 0 amide bonds. The summed E-state index contributed by atoms with van der Waals surface area (Å²) in [4.78, 5) is 19.0. The molecule has 1 aromatic heterocycles. The molecule has 0 spiro atoms. The summed E-state index contributed by atoms with van der Waals surface area (Å²) in [6.45, 7) is 7.61. The molecule has 0 saturated carbocycles. The molecule has 0 aliphatic carbocycles. The number of Topliss-reactive ketones (excluding diaryl/α,β-unsaturated/α-hetero) is 1. The maximum atomic E-state index is 13.4. The number of nitrogens with one attached hydrogen (secondary N) is 1. The molecule has 1 saturated heterocycles. The largest absolute Gasteiger partial charge is 0.312 e. The average Bonchev–Trinajstić information content (AvgIpc) is 2.67. The van der Waals surface area contributed by atoms with E-state index in [-0.39, 0.29) is 11.6 Å². The van der Waals surface area contributed by atoms with Gasteiger partial charge in [0.2, 0.25) is 0 Å². The second-order valence-electron chi connectivity index (χ2n) is 7.56. The van der Waals surface area contributed by atoms with E-state index < -0.39 is 0 Å². The summed E-state index contributed by atoms with van der Waals surface area (Å²) in [5.41, 5.74) is 4.19. The van der Waals surface area contributed by atoms with Crippen molar-refractivity contribution in [1.29, 1.82) is 0 Å².